The van der Waals surface area contributed by atoms with Crippen LogP contribution in [0.25, 0.3) is 0 Å². The molecular formula is C17H22N4O2. The van der Waals surface area contributed by atoms with Crippen molar-refractivity contribution < 1.29 is 9.53 Å². The van der Waals surface area contributed by atoms with Crippen LogP contribution in [0.15, 0.2) is 43.0 Å². The first-order chi connectivity index (χ1) is 11.3. The minimum atomic E-state index is -0.235. The molecule has 1 heterocycles. The van der Waals surface area contributed by atoms with Crippen LogP contribution in [-0.4, -0.2) is 29.2 Å². The summed E-state index contributed by atoms with van der Waals surface area (Å²) in [6, 6.07) is 7.12. The third kappa shape index (κ3) is 6.34. The zero-order chi connectivity index (χ0) is 16.3. The Labute approximate surface area is 136 Å². The van der Waals surface area contributed by atoms with E-state index in [4.69, 9.17) is 4.74 Å². The van der Waals surface area contributed by atoms with Crippen molar-refractivity contribution in [3.8, 4) is 5.75 Å². The number of urea groups is 1. The molecule has 23 heavy (non-hydrogen) atoms. The Hall–Kier alpha value is -2.63. The van der Waals surface area contributed by atoms with E-state index in [1.165, 1.54) is 6.33 Å². The van der Waals surface area contributed by atoms with Gasteiger partial charge in [-0.2, -0.15) is 0 Å². The van der Waals surface area contributed by atoms with Crippen LogP contribution >= 0.6 is 0 Å². The molecule has 0 aliphatic carbocycles. The summed E-state index contributed by atoms with van der Waals surface area (Å²) in [7, 11) is 0. The summed E-state index contributed by atoms with van der Waals surface area (Å²) in [6.45, 7) is 3.37. The molecule has 2 N–H and O–H groups in total. The van der Waals surface area contributed by atoms with Crippen molar-refractivity contribution in [3.05, 3.63) is 48.5 Å². The fraction of sp³-hybridized carbons (Fsp3) is 0.353. The van der Waals surface area contributed by atoms with Crippen LogP contribution in [-0.2, 0) is 6.42 Å². The lowest BCUT2D eigenvalue weighted by molar-refractivity contribution is 0.252. The van der Waals surface area contributed by atoms with E-state index in [1.807, 2.05) is 24.3 Å². The number of ether oxygens (including phenoxy) is 1. The van der Waals surface area contributed by atoms with E-state index in [0.717, 1.165) is 29.8 Å². The van der Waals surface area contributed by atoms with Crippen molar-refractivity contribution >= 4 is 11.7 Å². The number of rotatable bonds is 8. The number of carbonyl (C=O) groups excluding carboxylic acids is 1. The number of hydrogen-bond donors (Lipinski definition) is 2. The number of unbranched alkanes of at least 4 members (excludes halogenated alkanes) is 1. The third-order valence-electron chi connectivity index (χ3n) is 3.19. The topological polar surface area (TPSA) is 76.1 Å². The van der Waals surface area contributed by atoms with E-state index in [1.54, 1.807) is 12.4 Å². The summed E-state index contributed by atoms with van der Waals surface area (Å²) in [6.07, 6.45) is 7.80. The molecule has 0 aliphatic heterocycles. The van der Waals surface area contributed by atoms with Gasteiger partial charge in [0.05, 0.1) is 6.61 Å². The summed E-state index contributed by atoms with van der Waals surface area (Å²) in [5.41, 5.74) is 1.72. The number of carbonyl (C=O) groups is 1. The molecule has 0 bridgehead atoms. The number of hydrogen-bond acceptors (Lipinski definition) is 4. The van der Waals surface area contributed by atoms with Crippen molar-refractivity contribution in [2.45, 2.75) is 26.2 Å². The Kier molecular flexibility index (Phi) is 6.84. The quantitative estimate of drug-likeness (QED) is 0.734. The molecule has 2 aromatic rings. The van der Waals surface area contributed by atoms with Gasteiger partial charge in [0.15, 0.2) is 0 Å². The Morgan fingerprint density at radius 1 is 1.17 bits per heavy atom. The molecule has 0 radical (unpaired) electrons. The monoisotopic (exact) mass is 314 g/mol. The molecule has 6 nitrogen and oxygen atoms in total. The summed E-state index contributed by atoms with van der Waals surface area (Å²) in [5, 5.41) is 5.59. The summed E-state index contributed by atoms with van der Waals surface area (Å²) in [5.74, 6) is 0.813. The van der Waals surface area contributed by atoms with Crippen molar-refractivity contribution in [1.29, 1.82) is 0 Å². The van der Waals surface area contributed by atoms with E-state index in [-0.39, 0.29) is 6.03 Å². The Balaban J connectivity index is 1.70. The Morgan fingerprint density at radius 3 is 2.61 bits per heavy atom. The molecule has 1 aromatic carbocycles. The molecule has 2 rings (SSSR count). The van der Waals surface area contributed by atoms with Crippen LogP contribution in [0, 0.1) is 0 Å². The van der Waals surface area contributed by atoms with Crippen molar-refractivity contribution in [2.75, 3.05) is 18.5 Å². The normalized spacial score (nSPS) is 10.1. The van der Waals surface area contributed by atoms with Gasteiger partial charge in [-0.25, -0.2) is 14.8 Å². The van der Waals surface area contributed by atoms with Gasteiger partial charge in [0.25, 0.3) is 0 Å². The maximum absolute atomic E-state index is 11.8. The predicted octanol–water partition coefficient (Wildman–Crippen LogP) is 3.02. The SMILES string of the molecule is CCCCOc1ccc(NC(=O)NCCc2cncnc2)cc1. The van der Waals surface area contributed by atoms with Crippen LogP contribution in [0.1, 0.15) is 25.3 Å². The average molecular weight is 314 g/mol. The molecule has 0 aliphatic rings. The molecule has 0 atom stereocenters. The van der Waals surface area contributed by atoms with Gasteiger partial charge in [0.2, 0.25) is 0 Å². The van der Waals surface area contributed by atoms with Gasteiger partial charge in [-0.1, -0.05) is 13.3 Å². The van der Waals surface area contributed by atoms with E-state index in [9.17, 15) is 4.79 Å². The van der Waals surface area contributed by atoms with Crippen LogP contribution in [0.5, 0.6) is 5.75 Å². The lowest BCUT2D eigenvalue weighted by Crippen LogP contribution is -2.30. The Morgan fingerprint density at radius 2 is 1.91 bits per heavy atom. The molecule has 6 heteroatoms. The van der Waals surface area contributed by atoms with Gasteiger partial charge in [-0.3, -0.25) is 0 Å². The summed E-state index contributed by atoms with van der Waals surface area (Å²) < 4.78 is 5.58. The van der Waals surface area contributed by atoms with Crippen LogP contribution in [0.4, 0.5) is 10.5 Å². The van der Waals surface area contributed by atoms with E-state index < -0.39 is 0 Å². The van der Waals surface area contributed by atoms with Crippen LogP contribution in [0.2, 0.25) is 0 Å². The van der Waals surface area contributed by atoms with Crippen LogP contribution < -0.4 is 15.4 Å². The minimum Gasteiger partial charge on any atom is -0.494 e. The first-order valence-corrected chi connectivity index (χ1v) is 7.79. The summed E-state index contributed by atoms with van der Waals surface area (Å²) in [4.78, 5) is 19.7. The second kappa shape index (κ2) is 9.40. The highest BCUT2D eigenvalue weighted by Gasteiger charge is 2.02. The van der Waals surface area contributed by atoms with Gasteiger partial charge in [-0.05, 0) is 42.7 Å². The number of nitrogens with one attached hydrogen (secondary N) is 2. The maximum atomic E-state index is 11.8. The van der Waals surface area contributed by atoms with Crippen molar-refractivity contribution in [1.82, 2.24) is 15.3 Å². The first kappa shape index (κ1) is 16.7. The highest BCUT2D eigenvalue weighted by atomic mass is 16.5. The molecule has 0 saturated heterocycles. The number of amides is 2. The molecule has 2 amide bonds. The second-order valence-corrected chi connectivity index (χ2v) is 5.10. The van der Waals surface area contributed by atoms with Gasteiger partial charge >= 0.3 is 6.03 Å². The van der Waals surface area contributed by atoms with Gasteiger partial charge in [0, 0.05) is 24.6 Å². The highest BCUT2D eigenvalue weighted by molar-refractivity contribution is 5.89. The third-order valence-corrected chi connectivity index (χ3v) is 3.19. The van der Waals surface area contributed by atoms with E-state index in [0.29, 0.717) is 19.6 Å². The molecule has 0 saturated carbocycles. The standard InChI is InChI=1S/C17H22N4O2/c1-2-3-10-23-16-6-4-15(5-7-16)21-17(22)20-9-8-14-11-18-13-19-12-14/h4-7,11-13H,2-3,8-10H2,1H3,(H2,20,21,22). The van der Waals surface area contributed by atoms with Crippen molar-refractivity contribution in [3.63, 3.8) is 0 Å². The number of aromatic nitrogens is 2. The predicted molar refractivity (Wildman–Crippen MR) is 89.6 cm³/mol. The van der Waals surface area contributed by atoms with Gasteiger partial charge in [0.1, 0.15) is 12.1 Å². The van der Waals surface area contributed by atoms with E-state index >= 15 is 0 Å². The maximum Gasteiger partial charge on any atom is 0.319 e. The first-order valence-electron chi connectivity index (χ1n) is 7.79. The summed E-state index contributed by atoms with van der Waals surface area (Å²) >= 11 is 0. The van der Waals surface area contributed by atoms with Crippen molar-refractivity contribution in [2.24, 2.45) is 0 Å². The lowest BCUT2D eigenvalue weighted by Gasteiger charge is -2.09. The van der Waals surface area contributed by atoms with Gasteiger partial charge in [-0.15, -0.1) is 0 Å². The zero-order valence-corrected chi connectivity index (χ0v) is 13.3. The van der Waals surface area contributed by atoms with Gasteiger partial charge < -0.3 is 15.4 Å². The van der Waals surface area contributed by atoms with E-state index in [2.05, 4.69) is 27.5 Å². The molecule has 122 valence electrons. The molecular weight excluding hydrogens is 292 g/mol. The fourth-order valence-electron chi connectivity index (χ4n) is 1.92. The Bertz CT molecular complexity index is 587. The number of benzene rings is 1. The zero-order valence-electron chi connectivity index (χ0n) is 13.3. The number of anilines is 1. The smallest absolute Gasteiger partial charge is 0.319 e. The highest BCUT2D eigenvalue weighted by Crippen LogP contribution is 2.15. The number of nitrogens with zero attached hydrogens (tertiary/aromatic N) is 2. The lowest BCUT2D eigenvalue weighted by atomic mass is 10.2. The van der Waals surface area contributed by atoms with Crippen LogP contribution in [0.3, 0.4) is 0 Å². The molecule has 0 spiro atoms. The molecule has 1 aromatic heterocycles. The largest absolute Gasteiger partial charge is 0.494 e. The molecule has 0 fully saturated rings. The molecule has 0 unspecified atom stereocenters. The fourth-order valence-corrected chi connectivity index (χ4v) is 1.92. The second-order valence-electron chi connectivity index (χ2n) is 5.10. The minimum absolute atomic E-state index is 0.235. The average Bonchev–Trinajstić information content (AvgIpc) is 2.58.